The summed E-state index contributed by atoms with van der Waals surface area (Å²) < 4.78 is 0.956. The van der Waals surface area contributed by atoms with E-state index in [1.54, 1.807) is 0 Å². The van der Waals surface area contributed by atoms with Crippen molar-refractivity contribution in [2.45, 2.75) is 6.92 Å². The van der Waals surface area contributed by atoms with Crippen molar-refractivity contribution < 1.29 is 4.92 Å². The molecule has 0 aromatic heterocycles. The van der Waals surface area contributed by atoms with Gasteiger partial charge in [-0.15, -0.1) is 0 Å². The Bertz CT molecular complexity index is 361. The van der Waals surface area contributed by atoms with Gasteiger partial charge in [-0.25, -0.2) is 0 Å². The maximum atomic E-state index is 10.0. The molecule has 0 unspecified atom stereocenters. The standard InChI is InChI=1S/C9H8BrNO2/c1-7-2-3-8(6-9(7)10)4-5-11(12)13/h2-6H,1H3/b5-4-. The summed E-state index contributed by atoms with van der Waals surface area (Å²) in [6.45, 7) is 1.96. The fourth-order valence-electron chi connectivity index (χ4n) is 0.860. The molecule has 0 amide bonds. The van der Waals surface area contributed by atoms with Crippen LogP contribution in [0.5, 0.6) is 0 Å². The molecule has 13 heavy (non-hydrogen) atoms. The summed E-state index contributed by atoms with van der Waals surface area (Å²) >= 11 is 3.35. The Hall–Kier alpha value is -1.16. The molecule has 1 rings (SSSR count). The predicted octanol–water partition coefficient (Wildman–Crippen LogP) is 3.00. The second-order valence-electron chi connectivity index (χ2n) is 2.61. The fourth-order valence-corrected chi connectivity index (χ4v) is 1.26. The first-order chi connectivity index (χ1) is 6.09. The van der Waals surface area contributed by atoms with E-state index in [0.29, 0.717) is 0 Å². The lowest BCUT2D eigenvalue weighted by molar-refractivity contribution is -0.400. The molecule has 0 radical (unpaired) electrons. The van der Waals surface area contributed by atoms with Crippen molar-refractivity contribution in [3.05, 3.63) is 50.1 Å². The van der Waals surface area contributed by atoms with Crippen LogP contribution in [0.15, 0.2) is 28.9 Å². The van der Waals surface area contributed by atoms with Gasteiger partial charge in [0.05, 0.1) is 4.92 Å². The van der Waals surface area contributed by atoms with E-state index >= 15 is 0 Å². The molecular weight excluding hydrogens is 234 g/mol. The van der Waals surface area contributed by atoms with Crippen molar-refractivity contribution in [2.24, 2.45) is 0 Å². The van der Waals surface area contributed by atoms with Crippen molar-refractivity contribution in [2.75, 3.05) is 0 Å². The van der Waals surface area contributed by atoms with Crippen LogP contribution in [-0.2, 0) is 0 Å². The smallest absolute Gasteiger partial charge is 0.235 e. The molecule has 4 heteroatoms. The van der Waals surface area contributed by atoms with Crippen molar-refractivity contribution in [1.29, 1.82) is 0 Å². The molecule has 0 spiro atoms. The van der Waals surface area contributed by atoms with Crippen molar-refractivity contribution in [3.63, 3.8) is 0 Å². The summed E-state index contributed by atoms with van der Waals surface area (Å²) in [6, 6.07) is 5.58. The van der Waals surface area contributed by atoms with E-state index in [1.807, 2.05) is 25.1 Å². The SMILES string of the molecule is Cc1ccc(/C=C\[N+](=O)[O-])cc1Br. The molecule has 0 N–H and O–H groups in total. The highest BCUT2D eigenvalue weighted by Gasteiger charge is 1.95. The normalized spacial score (nSPS) is 10.6. The number of aryl methyl sites for hydroxylation is 1. The number of hydrogen-bond donors (Lipinski definition) is 0. The summed E-state index contributed by atoms with van der Waals surface area (Å²) in [5.74, 6) is 0. The first kappa shape index (κ1) is 9.92. The summed E-state index contributed by atoms with van der Waals surface area (Å²) in [4.78, 5) is 9.55. The molecule has 0 aliphatic rings. The third-order valence-electron chi connectivity index (χ3n) is 1.58. The third kappa shape index (κ3) is 2.99. The van der Waals surface area contributed by atoms with Crippen molar-refractivity contribution in [1.82, 2.24) is 0 Å². The molecule has 0 aliphatic carbocycles. The van der Waals surface area contributed by atoms with Crippen LogP contribution in [0, 0.1) is 17.0 Å². The van der Waals surface area contributed by atoms with Gasteiger partial charge in [-0.3, -0.25) is 10.1 Å². The fraction of sp³-hybridized carbons (Fsp3) is 0.111. The van der Waals surface area contributed by atoms with Gasteiger partial charge in [-0.2, -0.15) is 0 Å². The number of hydrogen-bond acceptors (Lipinski definition) is 2. The number of rotatable bonds is 2. The van der Waals surface area contributed by atoms with E-state index in [9.17, 15) is 10.1 Å². The van der Waals surface area contributed by atoms with Crippen LogP contribution in [0.1, 0.15) is 11.1 Å². The minimum atomic E-state index is -0.478. The van der Waals surface area contributed by atoms with Gasteiger partial charge in [0.1, 0.15) is 0 Å². The van der Waals surface area contributed by atoms with E-state index in [1.165, 1.54) is 6.08 Å². The number of benzene rings is 1. The van der Waals surface area contributed by atoms with Crippen molar-refractivity contribution >= 4 is 22.0 Å². The van der Waals surface area contributed by atoms with Crippen LogP contribution in [0.2, 0.25) is 0 Å². The summed E-state index contributed by atoms with van der Waals surface area (Å²) in [7, 11) is 0. The van der Waals surface area contributed by atoms with Crippen LogP contribution in [0.4, 0.5) is 0 Å². The van der Waals surface area contributed by atoms with Gasteiger partial charge in [0.15, 0.2) is 0 Å². The molecule has 0 aliphatic heterocycles. The van der Waals surface area contributed by atoms with Crippen molar-refractivity contribution in [3.8, 4) is 0 Å². The zero-order valence-electron chi connectivity index (χ0n) is 7.03. The van der Waals surface area contributed by atoms with Gasteiger partial charge in [0.25, 0.3) is 0 Å². The number of halogens is 1. The average molecular weight is 242 g/mol. The minimum absolute atomic E-state index is 0.478. The highest BCUT2D eigenvalue weighted by Crippen LogP contribution is 2.18. The molecule has 0 fully saturated rings. The lowest BCUT2D eigenvalue weighted by Gasteiger charge is -1.97. The quantitative estimate of drug-likeness (QED) is 0.590. The zero-order chi connectivity index (χ0) is 9.84. The maximum absolute atomic E-state index is 10.0. The van der Waals surface area contributed by atoms with E-state index < -0.39 is 4.92 Å². The molecule has 1 aromatic rings. The Kier molecular flexibility index (Phi) is 3.19. The molecule has 0 saturated heterocycles. The van der Waals surface area contributed by atoms with Crippen LogP contribution < -0.4 is 0 Å². The molecule has 0 atom stereocenters. The van der Waals surface area contributed by atoms with Gasteiger partial charge >= 0.3 is 0 Å². The van der Waals surface area contributed by atoms with Crippen LogP contribution in [-0.4, -0.2) is 4.92 Å². The van der Waals surface area contributed by atoms with E-state index in [0.717, 1.165) is 21.8 Å². The Labute approximate surface area is 84.4 Å². The second kappa shape index (κ2) is 4.18. The first-order valence-electron chi connectivity index (χ1n) is 3.67. The van der Waals surface area contributed by atoms with Gasteiger partial charge in [-0.1, -0.05) is 28.1 Å². The largest absolute Gasteiger partial charge is 0.259 e. The van der Waals surface area contributed by atoms with Gasteiger partial charge in [0.2, 0.25) is 6.20 Å². The minimum Gasteiger partial charge on any atom is -0.259 e. The molecule has 0 saturated carbocycles. The van der Waals surface area contributed by atoms with Crippen LogP contribution in [0.3, 0.4) is 0 Å². The predicted molar refractivity (Wildman–Crippen MR) is 54.9 cm³/mol. The Morgan fingerprint density at radius 3 is 2.77 bits per heavy atom. The highest BCUT2D eigenvalue weighted by atomic mass is 79.9. The first-order valence-corrected chi connectivity index (χ1v) is 4.47. The van der Waals surface area contributed by atoms with Crippen LogP contribution >= 0.6 is 15.9 Å². The number of nitro groups is 1. The summed E-state index contributed by atoms with van der Waals surface area (Å²) in [5, 5.41) is 10.0. The average Bonchev–Trinajstić information content (AvgIpc) is 2.07. The topological polar surface area (TPSA) is 43.1 Å². The molecule has 0 bridgehead atoms. The van der Waals surface area contributed by atoms with E-state index in [2.05, 4.69) is 15.9 Å². The van der Waals surface area contributed by atoms with E-state index in [-0.39, 0.29) is 0 Å². The maximum Gasteiger partial charge on any atom is 0.235 e. The molecule has 3 nitrogen and oxygen atoms in total. The van der Waals surface area contributed by atoms with E-state index in [4.69, 9.17) is 0 Å². The number of nitrogens with zero attached hydrogens (tertiary/aromatic N) is 1. The van der Waals surface area contributed by atoms with Gasteiger partial charge < -0.3 is 0 Å². The molecule has 1 aromatic carbocycles. The molecular formula is C9H8BrNO2. The lowest BCUT2D eigenvalue weighted by Crippen LogP contribution is -1.83. The molecule has 0 heterocycles. The second-order valence-corrected chi connectivity index (χ2v) is 3.46. The van der Waals surface area contributed by atoms with Gasteiger partial charge in [-0.05, 0) is 24.1 Å². The van der Waals surface area contributed by atoms with Crippen LogP contribution in [0.25, 0.3) is 6.08 Å². The monoisotopic (exact) mass is 241 g/mol. The Balaban J connectivity index is 2.92. The molecule has 68 valence electrons. The summed E-state index contributed by atoms with van der Waals surface area (Å²) in [5.41, 5.74) is 1.92. The van der Waals surface area contributed by atoms with Gasteiger partial charge in [0, 0.05) is 10.5 Å². The third-order valence-corrected chi connectivity index (χ3v) is 2.44. The zero-order valence-corrected chi connectivity index (χ0v) is 8.61. The lowest BCUT2D eigenvalue weighted by atomic mass is 10.1. The summed E-state index contributed by atoms with van der Waals surface area (Å²) in [6.07, 6.45) is 2.39. The Morgan fingerprint density at radius 1 is 1.54 bits per heavy atom. The Morgan fingerprint density at radius 2 is 2.23 bits per heavy atom. The highest BCUT2D eigenvalue weighted by molar-refractivity contribution is 9.10.